The number of anilines is 1. The van der Waals surface area contributed by atoms with Crippen molar-refractivity contribution in [3.05, 3.63) is 17.3 Å². The SMILES string of the molecule is CCCCCCNc1ncnc2c(C)csc12. The molecule has 2 aromatic rings. The van der Waals surface area contributed by atoms with E-state index in [4.69, 9.17) is 0 Å². The van der Waals surface area contributed by atoms with Gasteiger partial charge in [-0.2, -0.15) is 0 Å². The predicted octanol–water partition coefficient (Wildman–Crippen LogP) is 3.99. The average molecular weight is 249 g/mol. The van der Waals surface area contributed by atoms with Crippen LogP contribution in [0.1, 0.15) is 38.2 Å². The molecule has 0 unspecified atom stereocenters. The second-order valence-electron chi connectivity index (χ2n) is 4.31. The van der Waals surface area contributed by atoms with Crippen molar-refractivity contribution in [1.29, 1.82) is 0 Å². The summed E-state index contributed by atoms with van der Waals surface area (Å²) in [6, 6.07) is 0. The van der Waals surface area contributed by atoms with Gasteiger partial charge in [-0.1, -0.05) is 26.2 Å². The van der Waals surface area contributed by atoms with E-state index in [1.807, 2.05) is 0 Å². The lowest BCUT2D eigenvalue weighted by Gasteiger charge is -2.05. The molecule has 0 aliphatic carbocycles. The van der Waals surface area contributed by atoms with Crippen molar-refractivity contribution in [1.82, 2.24) is 9.97 Å². The standard InChI is InChI=1S/C13H19N3S/c1-3-4-5-6-7-14-13-12-11(15-9-16-13)10(2)8-17-12/h8-9H,3-7H2,1-2H3,(H,14,15,16). The average Bonchev–Trinajstić information content (AvgIpc) is 2.72. The molecular weight excluding hydrogens is 230 g/mol. The molecule has 0 aromatic carbocycles. The van der Waals surface area contributed by atoms with Gasteiger partial charge in [0.05, 0.1) is 10.2 Å². The van der Waals surface area contributed by atoms with Crippen LogP contribution in [0, 0.1) is 6.92 Å². The molecule has 0 amide bonds. The first kappa shape index (κ1) is 12.3. The molecule has 0 spiro atoms. The third kappa shape index (κ3) is 2.94. The van der Waals surface area contributed by atoms with Gasteiger partial charge in [0.15, 0.2) is 0 Å². The maximum Gasteiger partial charge on any atom is 0.147 e. The van der Waals surface area contributed by atoms with Gasteiger partial charge in [0.1, 0.15) is 12.1 Å². The Balaban J connectivity index is 1.99. The van der Waals surface area contributed by atoms with Gasteiger partial charge in [0.2, 0.25) is 0 Å². The highest BCUT2D eigenvalue weighted by Gasteiger charge is 2.06. The van der Waals surface area contributed by atoms with Gasteiger partial charge in [0, 0.05) is 6.54 Å². The zero-order valence-electron chi connectivity index (χ0n) is 10.5. The maximum absolute atomic E-state index is 4.33. The topological polar surface area (TPSA) is 37.8 Å². The van der Waals surface area contributed by atoms with Crippen LogP contribution in [0.2, 0.25) is 0 Å². The highest BCUT2D eigenvalue weighted by molar-refractivity contribution is 7.18. The number of aryl methyl sites for hydroxylation is 1. The van der Waals surface area contributed by atoms with Crippen molar-refractivity contribution in [3.8, 4) is 0 Å². The molecule has 0 bridgehead atoms. The lowest BCUT2D eigenvalue weighted by Crippen LogP contribution is -2.03. The van der Waals surface area contributed by atoms with Gasteiger partial charge >= 0.3 is 0 Å². The number of nitrogens with zero attached hydrogens (tertiary/aromatic N) is 2. The summed E-state index contributed by atoms with van der Waals surface area (Å²) in [6.45, 7) is 5.33. The molecular formula is C13H19N3S. The third-order valence-corrected chi connectivity index (χ3v) is 3.95. The van der Waals surface area contributed by atoms with Crippen LogP contribution >= 0.6 is 11.3 Å². The number of fused-ring (bicyclic) bond motifs is 1. The molecule has 0 radical (unpaired) electrons. The fraction of sp³-hybridized carbons (Fsp3) is 0.538. The van der Waals surface area contributed by atoms with Gasteiger partial charge < -0.3 is 5.32 Å². The number of unbranched alkanes of at least 4 members (excludes halogenated alkanes) is 3. The summed E-state index contributed by atoms with van der Waals surface area (Å²) in [4.78, 5) is 8.64. The van der Waals surface area contributed by atoms with Crippen molar-refractivity contribution in [3.63, 3.8) is 0 Å². The minimum absolute atomic E-state index is 0.990. The summed E-state index contributed by atoms with van der Waals surface area (Å²) in [7, 11) is 0. The Morgan fingerprint density at radius 2 is 2.12 bits per heavy atom. The van der Waals surface area contributed by atoms with Gasteiger partial charge in [-0.25, -0.2) is 9.97 Å². The highest BCUT2D eigenvalue weighted by Crippen LogP contribution is 2.28. The molecule has 1 N–H and O–H groups in total. The first-order valence-corrected chi connectivity index (χ1v) is 7.13. The lowest BCUT2D eigenvalue weighted by molar-refractivity contribution is 0.684. The number of hydrogen-bond donors (Lipinski definition) is 1. The molecule has 0 saturated carbocycles. The Hall–Kier alpha value is -1.16. The van der Waals surface area contributed by atoms with Crippen molar-refractivity contribution < 1.29 is 0 Å². The first-order valence-electron chi connectivity index (χ1n) is 6.25. The molecule has 0 aliphatic heterocycles. The van der Waals surface area contributed by atoms with E-state index in [1.54, 1.807) is 17.7 Å². The number of thiophene rings is 1. The van der Waals surface area contributed by atoms with Gasteiger partial charge in [-0.15, -0.1) is 11.3 Å². The van der Waals surface area contributed by atoms with Crippen LogP contribution in [0.15, 0.2) is 11.7 Å². The summed E-state index contributed by atoms with van der Waals surface area (Å²) in [6.07, 6.45) is 6.75. The van der Waals surface area contributed by atoms with E-state index in [9.17, 15) is 0 Å². The summed E-state index contributed by atoms with van der Waals surface area (Å²) < 4.78 is 1.18. The first-order chi connectivity index (χ1) is 8.33. The zero-order valence-corrected chi connectivity index (χ0v) is 11.3. The molecule has 4 heteroatoms. The lowest BCUT2D eigenvalue weighted by atomic mass is 10.2. The molecule has 17 heavy (non-hydrogen) atoms. The van der Waals surface area contributed by atoms with Gasteiger partial charge in [-0.3, -0.25) is 0 Å². The van der Waals surface area contributed by atoms with Gasteiger partial charge in [-0.05, 0) is 24.3 Å². The molecule has 0 atom stereocenters. The van der Waals surface area contributed by atoms with E-state index in [0.717, 1.165) is 17.9 Å². The van der Waals surface area contributed by atoms with Crippen LogP contribution in [0.25, 0.3) is 10.2 Å². The Labute approximate surface area is 106 Å². The Kier molecular flexibility index (Phi) is 4.31. The van der Waals surface area contributed by atoms with E-state index in [2.05, 4.69) is 34.5 Å². The Morgan fingerprint density at radius 3 is 2.94 bits per heavy atom. The molecule has 0 aliphatic rings. The molecule has 2 aromatic heterocycles. The smallest absolute Gasteiger partial charge is 0.147 e. The fourth-order valence-electron chi connectivity index (χ4n) is 1.85. The molecule has 0 fully saturated rings. The summed E-state index contributed by atoms with van der Waals surface area (Å²) in [5.41, 5.74) is 2.32. The maximum atomic E-state index is 4.33. The number of rotatable bonds is 6. The third-order valence-electron chi connectivity index (χ3n) is 2.85. The van der Waals surface area contributed by atoms with E-state index in [0.29, 0.717) is 0 Å². The number of nitrogens with one attached hydrogen (secondary N) is 1. The molecule has 2 heterocycles. The normalized spacial score (nSPS) is 10.9. The quantitative estimate of drug-likeness (QED) is 0.786. The summed E-state index contributed by atoms with van der Waals surface area (Å²) in [5.74, 6) is 0.990. The summed E-state index contributed by atoms with van der Waals surface area (Å²) >= 11 is 1.72. The van der Waals surface area contributed by atoms with Crippen LogP contribution in [-0.2, 0) is 0 Å². The monoisotopic (exact) mass is 249 g/mol. The van der Waals surface area contributed by atoms with Gasteiger partial charge in [0.25, 0.3) is 0 Å². The highest BCUT2D eigenvalue weighted by atomic mass is 32.1. The van der Waals surface area contributed by atoms with Crippen molar-refractivity contribution in [2.24, 2.45) is 0 Å². The summed E-state index contributed by atoms with van der Waals surface area (Å²) in [5, 5.41) is 5.56. The molecule has 2 rings (SSSR count). The largest absolute Gasteiger partial charge is 0.369 e. The van der Waals surface area contributed by atoms with Crippen molar-refractivity contribution in [2.45, 2.75) is 39.5 Å². The zero-order chi connectivity index (χ0) is 12.1. The Morgan fingerprint density at radius 1 is 1.24 bits per heavy atom. The second kappa shape index (κ2) is 5.96. The van der Waals surface area contributed by atoms with Crippen LogP contribution in [0.4, 0.5) is 5.82 Å². The van der Waals surface area contributed by atoms with E-state index in [-0.39, 0.29) is 0 Å². The molecule has 0 saturated heterocycles. The molecule has 92 valence electrons. The van der Waals surface area contributed by atoms with Crippen LogP contribution in [0.3, 0.4) is 0 Å². The minimum atomic E-state index is 0.990. The second-order valence-corrected chi connectivity index (χ2v) is 5.19. The van der Waals surface area contributed by atoms with Crippen molar-refractivity contribution >= 4 is 27.4 Å². The predicted molar refractivity (Wildman–Crippen MR) is 74.8 cm³/mol. The molecule has 3 nitrogen and oxygen atoms in total. The van der Waals surface area contributed by atoms with Crippen molar-refractivity contribution in [2.75, 3.05) is 11.9 Å². The fourth-order valence-corrected chi connectivity index (χ4v) is 2.82. The van der Waals surface area contributed by atoms with E-state index >= 15 is 0 Å². The number of aromatic nitrogens is 2. The van der Waals surface area contributed by atoms with Crippen LogP contribution in [0.5, 0.6) is 0 Å². The minimum Gasteiger partial charge on any atom is -0.369 e. The number of hydrogen-bond acceptors (Lipinski definition) is 4. The van der Waals surface area contributed by atoms with Crippen LogP contribution < -0.4 is 5.32 Å². The van der Waals surface area contributed by atoms with Crippen LogP contribution in [-0.4, -0.2) is 16.5 Å². The Bertz CT molecular complexity index is 478. The van der Waals surface area contributed by atoms with E-state index < -0.39 is 0 Å². The van der Waals surface area contributed by atoms with E-state index in [1.165, 1.54) is 35.9 Å².